The van der Waals surface area contributed by atoms with Crippen LogP contribution in [0, 0.1) is 0 Å². The SMILES string of the molecule is C1=CC=CSSSSSSSCCCC=C1. The summed E-state index contributed by atoms with van der Waals surface area (Å²) in [6.45, 7) is 0. The lowest BCUT2D eigenvalue weighted by molar-refractivity contribution is 0.975. The molecular weight excluding hydrogens is 333 g/mol. The molecule has 1 heterocycles. The first-order chi connectivity index (χ1) is 8.00. The molecule has 0 saturated heterocycles. The first-order valence-corrected chi connectivity index (χ1v) is 13.6. The van der Waals surface area contributed by atoms with Crippen LogP contribution in [-0.2, 0) is 0 Å². The summed E-state index contributed by atoms with van der Waals surface area (Å²) in [6, 6.07) is 0. The van der Waals surface area contributed by atoms with Crippen molar-refractivity contribution in [2.75, 3.05) is 5.75 Å². The van der Waals surface area contributed by atoms with Crippen LogP contribution in [0.25, 0.3) is 0 Å². The summed E-state index contributed by atoms with van der Waals surface area (Å²) < 4.78 is 0. The Morgan fingerprint density at radius 1 is 0.750 bits per heavy atom. The standard InChI is InChI=1S/C9H12S7/c1-2-4-6-8-10-12-14-16-15-13-11-9-7-5-3-1/h1-4,6,8H,5,7,9H2. The summed E-state index contributed by atoms with van der Waals surface area (Å²) in [5, 5.41) is 2.11. The van der Waals surface area contributed by atoms with E-state index in [-0.39, 0.29) is 0 Å². The molecule has 90 valence electrons. The molecule has 1 aliphatic rings. The highest BCUT2D eigenvalue weighted by Gasteiger charge is 1.94. The van der Waals surface area contributed by atoms with Gasteiger partial charge in [0.05, 0.1) is 0 Å². The van der Waals surface area contributed by atoms with Crippen molar-refractivity contribution in [2.24, 2.45) is 0 Å². The zero-order valence-electron chi connectivity index (χ0n) is 8.44. The Labute approximate surface area is 124 Å². The normalized spacial score (nSPS) is 21.0. The average molecular weight is 345 g/mol. The van der Waals surface area contributed by atoms with E-state index in [1.165, 1.54) is 18.6 Å². The molecule has 0 aliphatic carbocycles. The Kier molecular flexibility index (Phi) is 12.9. The highest BCUT2D eigenvalue weighted by molar-refractivity contribution is 9.46. The second-order valence-electron chi connectivity index (χ2n) is 2.54. The molecule has 0 bridgehead atoms. The lowest BCUT2D eigenvalue weighted by Crippen LogP contribution is -1.72. The minimum absolute atomic E-state index is 1.18. The Morgan fingerprint density at radius 2 is 1.56 bits per heavy atom. The van der Waals surface area contributed by atoms with Crippen molar-refractivity contribution in [3.8, 4) is 0 Å². The fraction of sp³-hybridized carbons (Fsp3) is 0.333. The molecular formula is C9H12S7. The maximum atomic E-state index is 2.24. The Balaban J connectivity index is 2.23. The molecule has 16 heavy (non-hydrogen) atoms. The first-order valence-electron chi connectivity index (χ1n) is 4.60. The molecule has 0 nitrogen and oxygen atoms in total. The number of hydrogen-bond donors (Lipinski definition) is 0. The second kappa shape index (κ2) is 13.1. The van der Waals surface area contributed by atoms with Gasteiger partial charge in [-0.25, -0.2) is 0 Å². The molecule has 0 saturated carbocycles. The van der Waals surface area contributed by atoms with Crippen LogP contribution in [0.15, 0.2) is 35.8 Å². The summed E-state index contributed by atoms with van der Waals surface area (Å²) in [4.78, 5) is 0. The topological polar surface area (TPSA) is 0 Å². The minimum Gasteiger partial charge on any atom is -0.0845 e. The van der Waals surface area contributed by atoms with E-state index in [0.29, 0.717) is 0 Å². The van der Waals surface area contributed by atoms with Gasteiger partial charge >= 0.3 is 0 Å². The molecule has 1 aliphatic heterocycles. The third-order valence-corrected chi connectivity index (χ3v) is 14.1. The third kappa shape index (κ3) is 10.8. The molecule has 0 spiro atoms. The largest absolute Gasteiger partial charge is 0.0845 e. The van der Waals surface area contributed by atoms with Gasteiger partial charge in [-0.05, 0) is 67.4 Å². The lowest BCUT2D eigenvalue weighted by atomic mass is 10.3. The quantitative estimate of drug-likeness (QED) is 0.427. The summed E-state index contributed by atoms with van der Waals surface area (Å²) in [7, 11) is 12.9. The van der Waals surface area contributed by atoms with E-state index >= 15 is 0 Å². The average Bonchev–Trinajstić information content (AvgIpc) is 2.29. The number of rotatable bonds is 0. The fourth-order valence-corrected chi connectivity index (χ4v) is 14.3. The van der Waals surface area contributed by atoms with Gasteiger partial charge in [0.25, 0.3) is 0 Å². The van der Waals surface area contributed by atoms with Crippen LogP contribution >= 0.6 is 70.7 Å². The van der Waals surface area contributed by atoms with E-state index in [4.69, 9.17) is 0 Å². The maximum Gasteiger partial charge on any atom is 0.00483 e. The van der Waals surface area contributed by atoms with E-state index in [9.17, 15) is 0 Å². The van der Waals surface area contributed by atoms with E-state index in [1.807, 2.05) is 50.1 Å². The molecule has 0 fully saturated rings. The van der Waals surface area contributed by atoms with Crippen LogP contribution in [-0.4, -0.2) is 5.75 Å². The smallest absolute Gasteiger partial charge is 0.00483 e. The van der Waals surface area contributed by atoms with E-state index < -0.39 is 0 Å². The molecule has 0 atom stereocenters. The highest BCUT2D eigenvalue weighted by atomic mass is 33.9. The minimum atomic E-state index is 1.18. The van der Waals surface area contributed by atoms with Crippen molar-refractivity contribution < 1.29 is 0 Å². The van der Waals surface area contributed by atoms with Crippen LogP contribution in [0.5, 0.6) is 0 Å². The third-order valence-electron chi connectivity index (χ3n) is 1.40. The van der Waals surface area contributed by atoms with Gasteiger partial charge in [-0.15, -0.1) is 0 Å². The maximum absolute atomic E-state index is 2.24. The Bertz CT molecular complexity index is 212. The predicted molar refractivity (Wildman–Crippen MR) is 94.7 cm³/mol. The summed E-state index contributed by atoms with van der Waals surface area (Å²) in [6.07, 6.45) is 13.1. The monoisotopic (exact) mass is 344 g/mol. The molecule has 0 radical (unpaired) electrons. The van der Waals surface area contributed by atoms with Crippen molar-refractivity contribution in [3.05, 3.63) is 35.8 Å². The van der Waals surface area contributed by atoms with Crippen LogP contribution < -0.4 is 0 Å². The lowest BCUT2D eigenvalue weighted by Gasteiger charge is -1.98. The number of allylic oxidation sites excluding steroid dienone is 5. The molecule has 0 unspecified atom stereocenters. The molecule has 0 aromatic heterocycles. The van der Waals surface area contributed by atoms with Gasteiger partial charge in [-0.3, -0.25) is 0 Å². The van der Waals surface area contributed by atoms with E-state index in [2.05, 4.69) is 35.8 Å². The zero-order chi connectivity index (χ0) is 11.3. The van der Waals surface area contributed by atoms with Gasteiger partial charge in [0.15, 0.2) is 0 Å². The summed E-state index contributed by atoms with van der Waals surface area (Å²) in [5.74, 6) is 1.23. The molecule has 0 aromatic carbocycles. The van der Waals surface area contributed by atoms with Gasteiger partial charge in [-0.2, -0.15) is 0 Å². The Hall–Kier alpha value is 1.67. The van der Waals surface area contributed by atoms with Crippen molar-refractivity contribution in [2.45, 2.75) is 12.8 Å². The van der Waals surface area contributed by atoms with Crippen LogP contribution in [0.4, 0.5) is 0 Å². The van der Waals surface area contributed by atoms with Crippen LogP contribution in [0.3, 0.4) is 0 Å². The van der Waals surface area contributed by atoms with Gasteiger partial charge in [0, 0.05) is 5.75 Å². The van der Waals surface area contributed by atoms with Gasteiger partial charge in [0.1, 0.15) is 0 Å². The van der Waals surface area contributed by atoms with E-state index in [0.717, 1.165) is 0 Å². The number of hydrogen-bond acceptors (Lipinski definition) is 7. The Morgan fingerprint density at radius 3 is 2.56 bits per heavy atom. The van der Waals surface area contributed by atoms with Gasteiger partial charge in [-0.1, -0.05) is 52.0 Å². The first kappa shape index (κ1) is 15.7. The molecule has 0 amide bonds. The molecule has 0 aromatic rings. The molecule has 1 rings (SSSR count). The van der Waals surface area contributed by atoms with E-state index in [1.54, 1.807) is 20.6 Å². The summed E-state index contributed by atoms with van der Waals surface area (Å²) in [5.41, 5.74) is 0. The van der Waals surface area contributed by atoms with Crippen molar-refractivity contribution >= 4 is 70.7 Å². The molecule has 0 N–H and O–H groups in total. The van der Waals surface area contributed by atoms with Gasteiger partial charge < -0.3 is 0 Å². The van der Waals surface area contributed by atoms with Gasteiger partial charge in [0.2, 0.25) is 0 Å². The molecule has 7 heteroatoms. The zero-order valence-corrected chi connectivity index (χ0v) is 14.2. The van der Waals surface area contributed by atoms with Crippen molar-refractivity contribution in [1.29, 1.82) is 0 Å². The second-order valence-corrected chi connectivity index (χ2v) is 13.8. The van der Waals surface area contributed by atoms with Crippen molar-refractivity contribution in [3.63, 3.8) is 0 Å². The van der Waals surface area contributed by atoms with Crippen molar-refractivity contribution in [1.82, 2.24) is 0 Å². The highest BCUT2D eigenvalue weighted by Crippen LogP contribution is 2.55. The van der Waals surface area contributed by atoms with Crippen LogP contribution in [0.1, 0.15) is 12.8 Å². The van der Waals surface area contributed by atoms with Crippen LogP contribution in [0.2, 0.25) is 0 Å². The fourth-order valence-electron chi connectivity index (χ4n) is 0.767. The predicted octanol–water partition coefficient (Wildman–Crippen LogP) is 7.03. The summed E-state index contributed by atoms with van der Waals surface area (Å²) >= 11 is 0.